The van der Waals surface area contributed by atoms with Crippen LogP contribution in [-0.2, 0) is 0 Å². The number of hydrogen-bond donors (Lipinski definition) is 1. The van der Waals surface area contributed by atoms with Crippen LogP contribution in [0, 0.1) is 27.7 Å². The van der Waals surface area contributed by atoms with Gasteiger partial charge < -0.3 is 4.98 Å². The van der Waals surface area contributed by atoms with E-state index in [0.717, 1.165) is 18.2 Å². The lowest BCUT2D eigenvalue weighted by Gasteiger charge is -2.06. The van der Waals surface area contributed by atoms with E-state index >= 15 is 0 Å². The summed E-state index contributed by atoms with van der Waals surface area (Å²) in [5.74, 6) is -1.15. The van der Waals surface area contributed by atoms with E-state index in [1.807, 2.05) is 6.07 Å². The van der Waals surface area contributed by atoms with E-state index in [0.29, 0.717) is 16.6 Å². The summed E-state index contributed by atoms with van der Waals surface area (Å²) in [6.45, 7) is 0. The van der Waals surface area contributed by atoms with Gasteiger partial charge in [-0.05, 0) is 36.5 Å². The number of nitrogens with one attached hydrogen (secondary N) is 1. The maximum absolute atomic E-state index is 13.9. The SMILES string of the molecule is N#Cc1cccc2c1[nH]c(=S)n2-c1cc(F)ccc1F. The topological polar surface area (TPSA) is 44.5 Å². The summed E-state index contributed by atoms with van der Waals surface area (Å²) in [6.07, 6.45) is 0. The van der Waals surface area contributed by atoms with Gasteiger partial charge in [-0.25, -0.2) is 8.78 Å². The average Bonchev–Trinajstić information content (AvgIpc) is 2.77. The molecule has 0 atom stereocenters. The van der Waals surface area contributed by atoms with Crippen molar-refractivity contribution in [1.29, 1.82) is 5.26 Å². The fourth-order valence-corrected chi connectivity index (χ4v) is 2.42. The van der Waals surface area contributed by atoms with Crippen molar-refractivity contribution in [2.24, 2.45) is 0 Å². The Bertz CT molecular complexity index is 918. The number of benzene rings is 2. The van der Waals surface area contributed by atoms with E-state index in [1.165, 1.54) is 4.57 Å². The van der Waals surface area contributed by atoms with E-state index in [2.05, 4.69) is 4.98 Å². The van der Waals surface area contributed by atoms with Crippen LogP contribution in [0.3, 0.4) is 0 Å². The van der Waals surface area contributed by atoms with Crippen molar-refractivity contribution in [1.82, 2.24) is 9.55 Å². The predicted molar refractivity (Wildman–Crippen MR) is 73.1 cm³/mol. The second-order valence-electron chi connectivity index (χ2n) is 4.17. The Hall–Kier alpha value is -2.52. The molecule has 0 fully saturated rings. The Kier molecular flexibility index (Phi) is 2.84. The minimum absolute atomic E-state index is 0.0105. The molecule has 20 heavy (non-hydrogen) atoms. The lowest BCUT2D eigenvalue weighted by molar-refractivity contribution is 0.593. The first-order chi connectivity index (χ1) is 9.61. The third-order valence-corrected chi connectivity index (χ3v) is 3.27. The van der Waals surface area contributed by atoms with Gasteiger partial charge in [-0.1, -0.05) is 6.07 Å². The van der Waals surface area contributed by atoms with Crippen molar-refractivity contribution in [3.05, 3.63) is 58.4 Å². The van der Waals surface area contributed by atoms with Crippen molar-refractivity contribution in [2.75, 3.05) is 0 Å². The molecular weight excluding hydrogens is 280 g/mol. The number of hydrogen-bond acceptors (Lipinski definition) is 2. The van der Waals surface area contributed by atoms with Crippen LogP contribution < -0.4 is 0 Å². The number of para-hydroxylation sites is 1. The molecule has 3 aromatic rings. The zero-order chi connectivity index (χ0) is 14.3. The molecule has 0 aliphatic carbocycles. The van der Waals surface area contributed by atoms with Gasteiger partial charge in [0.15, 0.2) is 4.77 Å². The standard InChI is InChI=1S/C14H7F2N3S/c15-9-4-5-10(16)12(6-9)19-11-3-1-2-8(7-17)13(11)18-14(19)20/h1-6H,(H,18,20). The molecule has 0 radical (unpaired) electrons. The molecule has 1 N–H and O–H groups in total. The zero-order valence-electron chi connectivity index (χ0n) is 10.0. The number of nitriles is 1. The van der Waals surface area contributed by atoms with Gasteiger partial charge in [-0.15, -0.1) is 0 Å². The third-order valence-electron chi connectivity index (χ3n) is 2.99. The van der Waals surface area contributed by atoms with Crippen LogP contribution >= 0.6 is 12.2 Å². The molecule has 1 aromatic heterocycles. The van der Waals surface area contributed by atoms with Crippen LogP contribution in [-0.4, -0.2) is 9.55 Å². The quantitative estimate of drug-likeness (QED) is 0.691. The highest BCUT2D eigenvalue weighted by Crippen LogP contribution is 2.24. The average molecular weight is 287 g/mol. The van der Waals surface area contributed by atoms with Crippen LogP contribution in [0.5, 0.6) is 0 Å². The van der Waals surface area contributed by atoms with Crippen molar-refractivity contribution >= 4 is 23.3 Å². The van der Waals surface area contributed by atoms with Gasteiger partial charge >= 0.3 is 0 Å². The van der Waals surface area contributed by atoms with Crippen molar-refractivity contribution in [2.45, 2.75) is 0 Å². The smallest absolute Gasteiger partial charge is 0.182 e. The highest BCUT2D eigenvalue weighted by molar-refractivity contribution is 7.71. The molecule has 0 spiro atoms. The molecule has 0 bridgehead atoms. The first kappa shape index (κ1) is 12.5. The van der Waals surface area contributed by atoms with E-state index in [-0.39, 0.29) is 10.5 Å². The summed E-state index contributed by atoms with van der Waals surface area (Å²) in [5.41, 5.74) is 1.43. The third kappa shape index (κ3) is 1.80. The number of aromatic nitrogens is 2. The summed E-state index contributed by atoms with van der Waals surface area (Å²) < 4.78 is 28.8. The van der Waals surface area contributed by atoms with Crippen LogP contribution in [0.4, 0.5) is 8.78 Å². The normalized spacial score (nSPS) is 10.7. The lowest BCUT2D eigenvalue weighted by Crippen LogP contribution is -1.98. The maximum Gasteiger partial charge on any atom is 0.182 e. The number of H-pyrrole nitrogens is 1. The number of imidazole rings is 1. The van der Waals surface area contributed by atoms with E-state index in [1.54, 1.807) is 18.2 Å². The van der Waals surface area contributed by atoms with E-state index in [4.69, 9.17) is 17.5 Å². The molecule has 6 heteroatoms. The largest absolute Gasteiger partial charge is 0.329 e. The van der Waals surface area contributed by atoms with Crippen molar-refractivity contribution in [3.8, 4) is 11.8 Å². The molecular formula is C14H7F2N3S. The fraction of sp³-hybridized carbons (Fsp3) is 0. The molecule has 0 saturated carbocycles. The predicted octanol–water partition coefficient (Wildman–Crippen LogP) is 3.84. The molecule has 0 aliphatic rings. The van der Waals surface area contributed by atoms with Crippen molar-refractivity contribution < 1.29 is 8.78 Å². The number of aromatic amines is 1. The second-order valence-corrected chi connectivity index (χ2v) is 4.56. The van der Waals surface area contributed by atoms with Gasteiger partial charge in [0.1, 0.15) is 17.7 Å². The van der Waals surface area contributed by atoms with Gasteiger partial charge in [0.2, 0.25) is 0 Å². The van der Waals surface area contributed by atoms with Crippen LogP contribution in [0.15, 0.2) is 36.4 Å². The number of nitrogens with zero attached hydrogens (tertiary/aromatic N) is 2. The van der Waals surface area contributed by atoms with E-state index in [9.17, 15) is 8.78 Å². The lowest BCUT2D eigenvalue weighted by atomic mass is 10.2. The number of halogens is 2. The van der Waals surface area contributed by atoms with Crippen LogP contribution in [0.25, 0.3) is 16.7 Å². The molecule has 3 nitrogen and oxygen atoms in total. The molecule has 0 aliphatic heterocycles. The van der Waals surface area contributed by atoms with E-state index < -0.39 is 11.6 Å². The van der Waals surface area contributed by atoms with Crippen LogP contribution in [0.1, 0.15) is 5.56 Å². The summed E-state index contributed by atoms with van der Waals surface area (Å²) in [4.78, 5) is 2.86. The monoisotopic (exact) mass is 287 g/mol. The molecule has 0 saturated heterocycles. The second kappa shape index (κ2) is 4.54. The molecule has 2 aromatic carbocycles. The highest BCUT2D eigenvalue weighted by Gasteiger charge is 2.13. The Labute approximate surface area is 117 Å². The Morgan fingerprint density at radius 1 is 1.20 bits per heavy atom. The number of rotatable bonds is 1. The van der Waals surface area contributed by atoms with Gasteiger partial charge in [0, 0.05) is 6.07 Å². The first-order valence-corrected chi connectivity index (χ1v) is 6.12. The fourth-order valence-electron chi connectivity index (χ4n) is 2.12. The van der Waals surface area contributed by atoms with Crippen molar-refractivity contribution in [3.63, 3.8) is 0 Å². The molecule has 98 valence electrons. The minimum atomic E-state index is -0.592. The van der Waals surface area contributed by atoms with Gasteiger partial charge in [0.25, 0.3) is 0 Å². The maximum atomic E-state index is 13.9. The Morgan fingerprint density at radius 2 is 2.00 bits per heavy atom. The summed E-state index contributed by atoms with van der Waals surface area (Å²) in [5, 5.41) is 9.06. The summed E-state index contributed by atoms with van der Waals surface area (Å²) in [7, 11) is 0. The summed E-state index contributed by atoms with van der Waals surface area (Å²) in [6, 6.07) is 10.2. The molecule has 1 heterocycles. The molecule has 0 unspecified atom stereocenters. The van der Waals surface area contributed by atoms with Gasteiger partial charge in [-0.3, -0.25) is 4.57 Å². The Balaban J connectivity index is 2.44. The minimum Gasteiger partial charge on any atom is -0.329 e. The first-order valence-electron chi connectivity index (χ1n) is 5.71. The Morgan fingerprint density at radius 3 is 2.75 bits per heavy atom. The van der Waals surface area contributed by atoms with Gasteiger partial charge in [-0.2, -0.15) is 5.26 Å². The highest BCUT2D eigenvalue weighted by atomic mass is 32.1. The zero-order valence-corrected chi connectivity index (χ0v) is 10.8. The molecule has 3 rings (SSSR count). The van der Waals surface area contributed by atoms with Crippen LogP contribution in [0.2, 0.25) is 0 Å². The van der Waals surface area contributed by atoms with Gasteiger partial charge in [0.05, 0.1) is 22.3 Å². The molecule has 0 amide bonds. The number of fused-ring (bicyclic) bond motifs is 1. The summed E-state index contributed by atoms with van der Waals surface area (Å²) >= 11 is 5.15.